The van der Waals surface area contributed by atoms with Gasteiger partial charge in [-0.05, 0) is 60.1 Å². The van der Waals surface area contributed by atoms with Crippen molar-refractivity contribution in [1.29, 1.82) is 0 Å². The van der Waals surface area contributed by atoms with Crippen LogP contribution in [-0.2, 0) is 6.61 Å². The standard InChI is InChI=1S/C17H16N4OS/c1-13-4-2-3-5-15(13)11-22-16-8-6-14(7-9-16)10-19-21-12-18-20-17(21)23/h2-10,12H,11H2,1H3,(H,20,23)/b19-10+. The first-order valence-electron chi connectivity index (χ1n) is 7.16. The molecule has 0 radical (unpaired) electrons. The molecule has 0 saturated carbocycles. The van der Waals surface area contributed by atoms with Crippen molar-refractivity contribution in [2.24, 2.45) is 5.10 Å². The van der Waals surface area contributed by atoms with E-state index >= 15 is 0 Å². The Morgan fingerprint density at radius 1 is 1.22 bits per heavy atom. The predicted molar refractivity (Wildman–Crippen MR) is 92.4 cm³/mol. The molecule has 3 aromatic rings. The summed E-state index contributed by atoms with van der Waals surface area (Å²) in [7, 11) is 0. The molecule has 0 aliphatic heterocycles. The molecule has 0 aliphatic rings. The summed E-state index contributed by atoms with van der Waals surface area (Å²) >= 11 is 5.02. The lowest BCUT2D eigenvalue weighted by Gasteiger charge is -2.08. The van der Waals surface area contributed by atoms with Crippen LogP contribution in [0.3, 0.4) is 0 Å². The van der Waals surface area contributed by atoms with Crippen LogP contribution in [-0.4, -0.2) is 21.1 Å². The number of aryl methyl sites for hydroxylation is 1. The van der Waals surface area contributed by atoms with Crippen LogP contribution in [0.25, 0.3) is 0 Å². The Morgan fingerprint density at radius 2 is 2.00 bits per heavy atom. The largest absolute Gasteiger partial charge is 0.489 e. The average molecular weight is 324 g/mol. The highest BCUT2D eigenvalue weighted by Crippen LogP contribution is 2.15. The van der Waals surface area contributed by atoms with Crippen LogP contribution in [0.1, 0.15) is 16.7 Å². The summed E-state index contributed by atoms with van der Waals surface area (Å²) in [5.41, 5.74) is 3.37. The van der Waals surface area contributed by atoms with Gasteiger partial charge in [0.2, 0.25) is 4.77 Å². The lowest BCUT2D eigenvalue weighted by molar-refractivity contribution is 0.305. The lowest BCUT2D eigenvalue weighted by Crippen LogP contribution is -1.97. The second-order valence-electron chi connectivity index (χ2n) is 5.03. The maximum absolute atomic E-state index is 5.82. The molecule has 1 heterocycles. The average Bonchev–Trinajstić information content (AvgIpc) is 2.98. The van der Waals surface area contributed by atoms with Gasteiger partial charge in [0, 0.05) is 0 Å². The highest BCUT2D eigenvalue weighted by molar-refractivity contribution is 7.71. The highest BCUT2D eigenvalue weighted by Gasteiger charge is 1.99. The van der Waals surface area contributed by atoms with E-state index in [1.165, 1.54) is 22.1 Å². The Balaban J connectivity index is 1.63. The molecular weight excluding hydrogens is 308 g/mol. The van der Waals surface area contributed by atoms with E-state index < -0.39 is 0 Å². The normalized spacial score (nSPS) is 11.0. The smallest absolute Gasteiger partial charge is 0.216 e. The SMILES string of the molecule is Cc1ccccc1COc1ccc(/C=N/n2cn[nH]c2=S)cc1. The molecule has 3 rings (SSSR count). The van der Waals surface area contributed by atoms with Gasteiger partial charge in [-0.3, -0.25) is 5.10 Å². The summed E-state index contributed by atoms with van der Waals surface area (Å²) in [6.07, 6.45) is 3.24. The van der Waals surface area contributed by atoms with Gasteiger partial charge in [0.25, 0.3) is 0 Å². The maximum atomic E-state index is 5.82. The van der Waals surface area contributed by atoms with Crippen molar-refractivity contribution in [3.8, 4) is 5.75 Å². The van der Waals surface area contributed by atoms with Gasteiger partial charge in [0.05, 0.1) is 6.21 Å². The van der Waals surface area contributed by atoms with E-state index in [0.29, 0.717) is 11.4 Å². The molecular formula is C17H16N4OS. The third-order valence-electron chi connectivity index (χ3n) is 3.40. The summed E-state index contributed by atoms with van der Waals surface area (Å²) in [4.78, 5) is 0. The van der Waals surface area contributed by atoms with Crippen molar-refractivity contribution in [1.82, 2.24) is 14.9 Å². The Morgan fingerprint density at radius 3 is 2.70 bits per heavy atom. The molecule has 2 aromatic carbocycles. The van der Waals surface area contributed by atoms with E-state index in [0.717, 1.165) is 11.3 Å². The number of hydrogen-bond donors (Lipinski definition) is 1. The fourth-order valence-corrected chi connectivity index (χ4v) is 2.18. The fourth-order valence-electron chi connectivity index (χ4n) is 2.04. The van der Waals surface area contributed by atoms with Gasteiger partial charge in [0.1, 0.15) is 18.7 Å². The molecule has 0 bridgehead atoms. The molecule has 0 atom stereocenters. The first kappa shape index (κ1) is 15.2. The van der Waals surface area contributed by atoms with Gasteiger partial charge in [-0.2, -0.15) is 14.9 Å². The number of nitrogens with zero attached hydrogens (tertiary/aromatic N) is 3. The van der Waals surface area contributed by atoms with Gasteiger partial charge >= 0.3 is 0 Å². The lowest BCUT2D eigenvalue weighted by atomic mass is 10.1. The summed E-state index contributed by atoms with van der Waals surface area (Å²) < 4.78 is 7.77. The number of nitrogens with one attached hydrogen (secondary N) is 1. The first-order chi connectivity index (χ1) is 11.2. The number of aromatic amines is 1. The molecule has 0 aliphatic carbocycles. The Hall–Kier alpha value is -2.73. The molecule has 0 spiro atoms. The van der Waals surface area contributed by atoms with Gasteiger partial charge < -0.3 is 4.74 Å². The zero-order valence-electron chi connectivity index (χ0n) is 12.6. The fraction of sp³-hybridized carbons (Fsp3) is 0.118. The number of H-pyrrole nitrogens is 1. The number of benzene rings is 2. The van der Waals surface area contributed by atoms with Crippen LogP contribution >= 0.6 is 12.2 Å². The zero-order chi connectivity index (χ0) is 16.1. The van der Waals surface area contributed by atoms with E-state index in [1.807, 2.05) is 36.4 Å². The molecule has 0 saturated heterocycles. The number of rotatable bonds is 5. The summed E-state index contributed by atoms with van der Waals surface area (Å²) in [5.74, 6) is 0.824. The van der Waals surface area contributed by atoms with E-state index in [2.05, 4.69) is 34.4 Å². The van der Waals surface area contributed by atoms with Crippen molar-refractivity contribution in [2.45, 2.75) is 13.5 Å². The second kappa shape index (κ2) is 7.02. The van der Waals surface area contributed by atoms with E-state index in [1.54, 1.807) is 6.21 Å². The predicted octanol–water partition coefficient (Wildman–Crippen LogP) is 3.71. The van der Waals surface area contributed by atoms with E-state index in [4.69, 9.17) is 17.0 Å². The third-order valence-corrected chi connectivity index (χ3v) is 3.68. The summed E-state index contributed by atoms with van der Waals surface area (Å²) in [6, 6.07) is 15.9. The van der Waals surface area contributed by atoms with Crippen LogP contribution in [0, 0.1) is 11.7 Å². The van der Waals surface area contributed by atoms with E-state index in [-0.39, 0.29) is 0 Å². The van der Waals surface area contributed by atoms with Gasteiger partial charge in [-0.1, -0.05) is 24.3 Å². The molecule has 116 valence electrons. The molecule has 0 unspecified atom stereocenters. The topological polar surface area (TPSA) is 55.2 Å². The van der Waals surface area contributed by atoms with Crippen molar-refractivity contribution >= 4 is 18.4 Å². The Bertz CT molecular complexity index is 865. The van der Waals surface area contributed by atoms with Gasteiger partial charge in [0.15, 0.2) is 0 Å². The molecule has 0 amide bonds. The molecule has 1 N–H and O–H groups in total. The third kappa shape index (κ3) is 3.92. The van der Waals surface area contributed by atoms with Gasteiger partial charge in [-0.15, -0.1) is 0 Å². The first-order valence-corrected chi connectivity index (χ1v) is 7.57. The van der Waals surface area contributed by atoms with Crippen LogP contribution < -0.4 is 4.74 Å². The zero-order valence-corrected chi connectivity index (χ0v) is 13.5. The molecule has 6 heteroatoms. The molecule has 1 aromatic heterocycles. The minimum absolute atomic E-state index is 0.458. The number of ether oxygens (including phenoxy) is 1. The Kier molecular flexibility index (Phi) is 4.63. The van der Waals surface area contributed by atoms with Gasteiger partial charge in [-0.25, -0.2) is 0 Å². The Labute approximate surface area is 139 Å². The monoisotopic (exact) mass is 324 g/mol. The van der Waals surface area contributed by atoms with Crippen LogP contribution in [0.4, 0.5) is 0 Å². The summed E-state index contributed by atoms with van der Waals surface area (Å²) in [6.45, 7) is 2.64. The maximum Gasteiger partial charge on any atom is 0.216 e. The van der Waals surface area contributed by atoms with Crippen LogP contribution in [0.15, 0.2) is 60.0 Å². The van der Waals surface area contributed by atoms with Crippen molar-refractivity contribution in [3.05, 3.63) is 76.3 Å². The number of aromatic nitrogens is 3. The van der Waals surface area contributed by atoms with Crippen LogP contribution in [0.5, 0.6) is 5.75 Å². The molecule has 0 fully saturated rings. The number of hydrogen-bond acceptors (Lipinski definition) is 4. The second-order valence-corrected chi connectivity index (χ2v) is 5.42. The quantitative estimate of drug-likeness (QED) is 0.575. The van der Waals surface area contributed by atoms with E-state index in [9.17, 15) is 0 Å². The molecule has 5 nitrogen and oxygen atoms in total. The minimum atomic E-state index is 0.458. The molecule has 23 heavy (non-hydrogen) atoms. The minimum Gasteiger partial charge on any atom is -0.489 e. The van der Waals surface area contributed by atoms with Crippen molar-refractivity contribution in [2.75, 3.05) is 0 Å². The highest BCUT2D eigenvalue weighted by atomic mass is 32.1. The van der Waals surface area contributed by atoms with Crippen molar-refractivity contribution in [3.63, 3.8) is 0 Å². The summed E-state index contributed by atoms with van der Waals surface area (Å²) in [5, 5.41) is 10.7. The van der Waals surface area contributed by atoms with Crippen molar-refractivity contribution < 1.29 is 4.74 Å². The van der Waals surface area contributed by atoms with Crippen LogP contribution in [0.2, 0.25) is 0 Å².